The molecule has 0 radical (unpaired) electrons. The van der Waals surface area contributed by atoms with Crippen molar-refractivity contribution in [2.75, 3.05) is 5.32 Å². The molecule has 0 spiro atoms. The first kappa shape index (κ1) is 15.5. The summed E-state index contributed by atoms with van der Waals surface area (Å²) >= 11 is 0. The highest BCUT2D eigenvalue weighted by molar-refractivity contribution is 5.89. The number of carbonyl (C=O) groups excluding carboxylic acids is 1. The van der Waals surface area contributed by atoms with E-state index in [1.165, 1.54) is 11.1 Å². The minimum Gasteiger partial charge on any atom is -0.307 e. The molecule has 2 aromatic heterocycles. The van der Waals surface area contributed by atoms with E-state index in [0.717, 1.165) is 24.8 Å². The van der Waals surface area contributed by atoms with Gasteiger partial charge in [0.1, 0.15) is 0 Å². The molecule has 25 heavy (non-hydrogen) atoms. The van der Waals surface area contributed by atoms with Gasteiger partial charge in [0, 0.05) is 24.4 Å². The molecular formula is C19H19N5O. The average Bonchev–Trinajstić information content (AvgIpc) is 3.11. The molecule has 2 N–H and O–H groups in total. The number of nitrogens with zero attached hydrogens (tertiary/aromatic N) is 3. The van der Waals surface area contributed by atoms with Gasteiger partial charge in [0.25, 0.3) is 0 Å². The summed E-state index contributed by atoms with van der Waals surface area (Å²) < 4.78 is 0. The van der Waals surface area contributed by atoms with Crippen LogP contribution < -0.4 is 5.32 Å². The van der Waals surface area contributed by atoms with Crippen LogP contribution in [0.4, 0.5) is 5.95 Å². The van der Waals surface area contributed by atoms with E-state index in [4.69, 9.17) is 0 Å². The number of nitrogens with one attached hydrogen (secondary N) is 2. The lowest BCUT2D eigenvalue weighted by molar-refractivity contribution is -0.116. The molecule has 2 heterocycles. The third kappa shape index (κ3) is 3.42. The molecule has 6 heteroatoms. The lowest BCUT2D eigenvalue weighted by Gasteiger charge is -2.24. The molecule has 0 bridgehead atoms. The summed E-state index contributed by atoms with van der Waals surface area (Å²) in [4.78, 5) is 19.4. The Bertz CT molecular complexity index is 874. The van der Waals surface area contributed by atoms with Crippen LogP contribution >= 0.6 is 0 Å². The molecule has 126 valence electrons. The van der Waals surface area contributed by atoms with Crippen molar-refractivity contribution in [2.24, 2.45) is 0 Å². The fourth-order valence-electron chi connectivity index (χ4n) is 3.43. The maximum absolute atomic E-state index is 12.4. The molecule has 0 saturated carbocycles. The van der Waals surface area contributed by atoms with Gasteiger partial charge in [-0.15, -0.1) is 10.2 Å². The van der Waals surface area contributed by atoms with E-state index in [0.29, 0.717) is 18.2 Å². The molecule has 1 unspecified atom stereocenters. The van der Waals surface area contributed by atoms with Gasteiger partial charge in [0.2, 0.25) is 11.9 Å². The molecular weight excluding hydrogens is 314 g/mol. The summed E-state index contributed by atoms with van der Waals surface area (Å²) in [5, 5.41) is 10.9. The second-order valence-electron chi connectivity index (χ2n) is 6.30. The first-order valence-corrected chi connectivity index (χ1v) is 8.50. The van der Waals surface area contributed by atoms with E-state index >= 15 is 0 Å². The molecule has 0 aliphatic heterocycles. The monoisotopic (exact) mass is 333 g/mol. The van der Waals surface area contributed by atoms with Crippen molar-refractivity contribution in [3.8, 4) is 11.4 Å². The normalized spacial score (nSPS) is 16.2. The van der Waals surface area contributed by atoms with Crippen LogP contribution in [0.5, 0.6) is 0 Å². The number of hydrogen-bond donors (Lipinski definition) is 2. The van der Waals surface area contributed by atoms with Crippen LogP contribution in [0.15, 0.2) is 48.8 Å². The third-order valence-corrected chi connectivity index (χ3v) is 4.62. The molecule has 0 saturated heterocycles. The maximum atomic E-state index is 12.4. The number of anilines is 1. The van der Waals surface area contributed by atoms with Crippen molar-refractivity contribution in [1.29, 1.82) is 0 Å². The quantitative estimate of drug-likeness (QED) is 0.767. The molecule has 1 atom stereocenters. The van der Waals surface area contributed by atoms with Gasteiger partial charge in [-0.05, 0) is 48.4 Å². The zero-order valence-corrected chi connectivity index (χ0v) is 13.8. The Morgan fingerprint density at radius 1 is 1.16 bits per heavy atom. The second kappa shape index (κ2) is 6.84. The van der Waals surface area contributed by atoms with E-state index in [-0.39, 0.29) is 11.8 Å². The predicted octanol–water partition coefficient (Wildman–Crippen LogP) is 3.32. The van der Waals surface area contributed by atoms with E-state index in [2.05, 4.69) is 43.7 Å². The first-order chi connectivity index (χ1) is 12.3. The van der Waals surface area contributed by atoms with E-state index in [1.54, 1.807) is 12.4 Å². The van der Waals surface area contributed by atoms with Gasteiger partial charge in [-0.3, -0.25) is 15.1 Å². The molecule has 4 rings (SSSR count). The highest BCUT2D eigenvalue weighted by Gasteiger charge is 2.22. The van der Waals surface area contributed by atoms with Crippen molar-refractivity contribution >= 4 is 11.9 Å². The molecule has 6 nitrogen and oxygen atoms in total. The standard InChI is InChI=1S/C19H19N5O/c25-17(12-15-6-3-5-13-4-1-2-7-16(13)15)21-19-22-18(23-24-19)14-8-10-20-11-9-14/h1-2,4,7-11,15H,3,5-6,12H2,(H2,21,22,23,24,25). The summed E-state index contributed by atoms with van der Waals surface area (Å²) in [6.07, 6.45) is 7.12. The minimum atomic E-state index is -0.0425. The van der Waals surface area contributed by atoms with Gasteiger partial charge in [-0.2, -0.15) is 0 Å². The number of aryl methyl sites for hydroxylation is 1. The fourth-order valence-corrected chi connectivity index (χ4v) is 3.43. The molecule has 1 aliphatic rings. The Hall–Kier alpha value is -3.02. The van der Waals surface area contributed by atoms with Crippen molar-refractivity contribution in [1.82, 2.24) is 20.2 Å². The van der Waals surface area contributed by atoms with Crippen LogP contribution in [0.3, 0.4) is 0 Å². The fraction of sp³-hybridized carbons (Fsp3) is 0.263. The molecule has 3 aromatic rings. The van der Waals surface area contributed by atoms with Crippen molar-refractivity contribution in [2.45, 2.75) is 31.6 Å². The molecule has 1 aliphatic carbocycles. The number of amides is 1. The maximum Gasteiger partial charge on any atom is 0.228 e. The lowest BCUT2D eigenvalue weighted by Crippen LogP contribution is -2.19. The number of pyridine rings is 1. The minimum absolute atomic E-state index is 0.0425. The summed E-state index contributed by atoms with van der Waals surface area (Å²) in [5.41, 5.74) is 3.55. The Morgan fingerprint density at radius 2 is 2.00 bits per heavy atom. The number of hydrogen-bond acceptors (Lipinski definition) is 4. The van der Waals surface area contributed by atoms with Crippen LogP contribution in [0.1, 0.15) is 36.3 Å². The average molecular weight is 333 g/mol. The second-order valence-corrected chi connectivity index (χ2v) is 6.30. The molecule has 0 fully saturated rings. The third-order valence-electron chi connectivity index (χ3n) is 4.62. The van der Waals surface area contributed by atoms with Crippen LogP contribution in [-0.4, -0.2) is 26.1 Å². The van der Waals surface area contributed by atoms with Crippen LogP contribution in [0, 0.1) is 0 Å². The smallest absolute Gasteiger partial charge is 0.228 e. The molecule has 1 aromatic carbocycles. The van der Waals surface area contributed by atoms with Crippen LogP contribution in [-0.2, 0) is 11.2 Å². The van der Waals surface area contributed by atoms with Crippen LogP contribution in [0.2, 0.25) is 0 Å². The summed E-state index contributed by atoms with van der Waals surface area (Å²) in [7, 11) is 0. The van der Waals surface area contributed by atoms with Gasteiger partial charge in [0.15, 0.2) is 5.82 Å². The van der Waals surface area contributed by atoms with Gasteiger partial charge < -0.3 is 4.98 Å². The molecule has 1 amide bonds. The Balaban J connectivity index is 1.43. The van der Waals surface area contributed by atoms with Gasteiger partial charge in [0.05, 0.1) is 0 Å². The first-order valence-electron chi connectivity index (χ1n) is 8.50. The number of rotatable bonds is 4. The summed E-state index contributed by atoms with van der Waals surface area (Å²) in [6.45, 7) is 0. The Kier molecular flexibility index (Phi) is 4.24. The SMILES string of the molecule is O=C(CC1CCCc2ccccc21)Nc1nnc(-c2ccncc2)[nH]1. The van der Waals surface area contributed by atoms with Gasteiger partial charge in [-0.1, -0.05) is 24.3 Å². The number of aromatic nitrogens is 4. The highest BCUT2D eigenvalue weighted by atomic mass is 16.1. The van der Waals surface area contributed by atoms with Crippen molar-refractivity contribution in [3.05, 3.63) is 59.9 Å². The van der Waals surface area contributed by atoms with Gasteiger partial charge >= 0.3 is 0 Å². The topological polar surface area (TPSA) is 83.6 Å². The lowest BCUT2D eigenvalue weighted by atomic mass is 9.81. The van der Waals surface area contributed by atoms with E-state index in [1.807, 2.05) is 18.2 Å². The van der Waals surface area contributed by atoms with E-state index in [9.17, 15) is 4.79 Å². The van der Waals surface area contributed by atoms with E-state index < -0.39 is 0 Å². The Morgan fingerprint density at radius 3 is 2.88 bits per heavy atom. The number of aromatic amines is 1. The predicted molar refractivity (Wildman–Crippen MR) is 95.0 cm³/mol. The summed E-state index contributed by atoms with van der Waals surface area (Å²) in [5.74, 6) is 1.22. The van der Waals surface area contributed by atoms with Gasteiger partial charge in [-0.25, -0.2) is 0 Å². The van der Waals surface area contributed by atoms with Crippen LogP contribution in [0.25, 0.3) is 11.4 Å². The zero-order valence-electron chi connectivity index (χ0n) is 13.8. The number of H-pyrrole nitrogens is 1. The number of fused-ring (bicyclic) bond motifs is 1. The largest absolute Gasteiger partial charge is 0.307 e. The highest BCUT2D eigenvalue weighted by Crippen LogP contribution is 2.33. The van der Waals surface area contributed by atoms with Crippen molar-refractivity contribution in [3.63, 3.8) is 0 Å². The number of benzene rings is 1. The van der Waals surface area contributed by atoms with Crippen molar-refractivity contribution < 1.29 is 4.79 Å². The Labute approximate surface area is 145 Å². The zero-order chi connectivity index (χ0) is 17.1. The summed E-state index contributed by atoms with van der Waals surface area (Å²) in [6, 6.07) is 12.1. The number of carbonyl (C=O) groups is 1.